The maximum atomic E-state index is 13.0. The normalized spacial score (nSPS) is 12.3. The average Bonchev–Trinajstić information content (AvgIpc) is 3.49. The highest BCUT2D eigenvalue weighted by Gasteiger charge is 2.34. The zero-order chi connectivity index (χ0) is 26.4. The van der Waals surface area contributed by atoms with Crippen molar-refractivity contribution in [1.29, 1.82) is 0 Å². The molecule has 5 rings (SSSR count). The highest BCUT2D eigenvalue weighted by Crippen LogP contribution is 2.32. The van der Waals surface area contributed by atoms with Crippen LogP contribution in [0.5, 0.6) is 0 Å². The fourth-order valence-corrected chi connectivity index (χ4v) is 3.73. The molecule has 2 N–H and O–H groups in total. The molecule has 5 aromatic rings. The first-order valence-electron chi connectivity index (χ1n) is 10.8. The van der Waals surface area contributed by atoms with Gasteiger partial charge in [0.15, 0.2) is 23.0 Å². The van der Waals surface area contributed by atoms with E-state index >= 15 is 0 Å². The van der Waals surface area contributed by atoms with Crippen molar-refractivity contribution in [2.75, 3.05) is 5.32 Å². The Bertz CT molecular complexity index is 1550. The molecule has 0 saturated heterocycles. The van der Waals surface area contributed by atoms with Gasteiger partial charge in [0.1, 0.15) is 11.3 Å². The van der Waals surface area contributed by atoms with Gasteiger partial charge in [-0.15, -0.1) is 0 Å². The maximum Gasteiger partial charge on any atom is 0.434 e. The third-order valence-electron chi connectivity index (χ3n) is 5.59. The van der Waals surface area contributed by atoms with Crippen LogP contribution in [-0.2, 0) is 25.9 Å². The van der Waals surface area contributed by atoms with E-state index in [0.717, 1.165) is 23.9 Å². The molecule has 3 heterocycles. The topological polar surface area (TPSA) is 84.3 Å². The average molecular weight is 517 g/mol. The van der Waals surface area contributed by atoms with Crippen LogP contribution in [0.1, 0.15) is 16.8 Å². The van der Waals surface area contributed by atoms with Crippen molar-refractivity contribution in [2.24, 2.45) is 7.05 Å². The molecule has 0 spiro atoms. The molecule has 0 radical (unpaired) electrons. The predicted octanol–water partition coefficient (Wildman–Crippen LogP) is 6.07. The zero-order valence-electron chi connectivity index (χ0n) is 19.0. The van der Waals surface area contributed by atoms with Crippen LogP contribution in [0, 0.1) is 0 Å². The fourth-order valence-electron chi connectivity index (χ4n) is 3.73. The number of nitrogens with zero attached hydrogens (tertiary/aromatic N) is 5. The van der Waals surface area contributed by atoms with Crippen molar-refractivity contribution in [1.82, 2.24) is 29.5 Å². The molecule has 0 aliphatic heterocycles. The van der Waals surface area contributed by atoms with E-state index in [2.05, 4.69) is 30.2 Å². The van der Waals surface area contributed by atoms with E-state index in [-0.39, 0.29) is 11.6 Å². The van der Waals surface area contributed by atoms with Gasteiger partial charge in [0.2, 0.25) is 0 Å². The number of fused-ring (bicyclic) bond motifs is 1. The van der Waals surface area contributed by atoms with Gasteiger partial charge in [0, 0.05) is 30.9 Å². The molecule has 0 amide bonds. The van der Waals surface area contributed by atoms with E-state index < -0.39 is 23.6 Å². The Hall–Kier alpha value is -4.42. The van der Waals surface area contributed by atoms with E-state index in [1.807, 2.05) is 0 Å². The number of rotatable bonds is 5. The molecule has 0 bridgehead atoms. The van der Waals surface area contributed by atoms with Crippen LogP contribution >= 0.6 is 0 Å². The number of halogens is 6. The Morgan fingerprint density at radius 2 is 1.51 bits per heavy atom. The number of H-pyrrole nitrogens is 1. The number of hydrogen-bond acceptors (Lipinski definition) is 5. The van der Waals surface area contributed by atoms with E-state index in [9.17, 15) is 26.3 Å². The third-order valence-corrected chi connectivity index (χ3v) is 5.59. The summed E-state index contributed by atoms with van der Waals surface area (Å²) in [5, 5.41) is 3.16. The molecule has 0 atom stereocenters. The smallest absolute Gasteiger partial charge is 0.364 e. The monoisotopic (exact) mass is 517 g/mol. The molecule has 37 heavy (non-hydrogen) atoms. The Morgan fingerprint density at radius 3 is 2.14 bits per heavy atom. The summed E-state index contributed by atoms with van der Waals surface area (Å²) in [4.78, 5) is 19.5. The maximum absolute atomic E-state index is 13.0. The quantitative estimate of drug-likeness (QED) is 0.277. The van der Waals surface area contributed by atoms with Gasteiger partial charge in [0.05, 0.1) is 11.9 Å². The van der Waals surface area contributed by atoms with E-state index in [4.69, 9.17) is 0 Å². The number of alkyl halides is 6. The highest BCUT2D eigenvalue weighted by atomic mass is 19.4. The van der Waals surface area contributed by atoms with Gasteiger partial charge in [-0.2, -0.15) is 26.3 Å². The summed E-state index contributed by atoms with van der Waals surface area (Å²) in [6.07, 6.45) is -6.62. The predicted molar refractivity (Wildman–Crippen MR) is 123 cm³/mol. The van der Waals surface area contributed by atoms with E-state index in [1.165, 1.54) is 30.1 Å². The number of aromatic nitrogens is 6. The molecule has 13 heteroatoms. The van der Waals surface area contributed by atoms with Gasteiger partial charge in [-0.1, -0.05) is 36.4 Å². The van der Waals surface area contributed by atoms with Crippen LogP contribution < -0.4 is 5.32 Å². The molecular formula is C24H17F6N7. The largest absolute Gasteiger partial charge is 0.434 e. The van der Waals surface area contributed by atoms with E-state index in [1.54, 1.807) is 24.3 Å². The molecular weight excluding hydrogens is 500 g/mol. The van der Waals surface area contributed by atoms with Gasteiger partial charge < -0.3 is 14.9 Å². The number of aryl methyl sites for hydroxylation is 1. The van der Waals surface area contributed by atoms with Gasteiger partial charge in [-0.25, -0.2) is 19.9 Å². The Kier molecular flexibility index (Phi) is 5.85. The molecule has 0 unspecified atom stereocenters. The number of hydrogen-bond donors (Lipinski definition) is 2. The Morgan fingerprint density at radius 1 is 0.838 bits per heavy atom. The summed E-state index contributed by atoms with van der Waals surface area (Å²) >= 11 is 0. The standard InChI is InChI=1S/C24H17F6N7/c1-37-11-17(24(28,29)30)34-22(37)15-4-2-13(3-5-15)10-31-20-18-21(33-12-32-18)36-19(35-20)14-6-8-16(9-7-14)23(25,26)27/h2-9,11-12H,10H2,1H3,(H2,31,32,33,35,36). The number of imidazole rings is 2. The van der Waals surface area contributed by atoms with Crippen LogP contribution in [0.15, 0.2) is 61.1 Å². The Labute approximate surface area is 205 Å². The first kappa shape index (κ1) is 24.3. The van der Waals surface area contributed by atoms with Crippen LogP contribution in [0.3, 0.4) is 0 Å². The Balaban J connectivity index is 1.37. The van der Waals surface area contributed by atoms with Crippen molar-refractivity contribution in [2.45, 2.75) is 18.9 Å². The van der Waals surface area contributed by atoms with Crippen LogP contribution in [0.4, 0.5) is 32.2 Å². The lowest BCUT2D eigenvalue weighted by atomic mass is 10.1. The number of nitrogens with one attached hydrogen (secondary N) is 2. The summed E-state index contributed by atoms with van der Waals surface area (Å²) in [6, 6.07) is 11.3. The van der Waals surface area contributed by atoms with Gasteiger partial charge in [0.25, 0.3) is 0 Å². The van der Waals surface area contributed by atoms with Crippen molar-refractivity contribution in [3.63, 3.8) is 0 Å². The first-order chi connectivity index (χ1) is 17.5. The molecule has 7 nitrogen and oxygen atoms in total. The van der Waals surface area contributed by atoms with Crippen molar-refractivity contribution in [3.05, 3.63) is 77.9 Å². The van der Waals surface area contributed by atoms with E-state index in [0.29, 0.717) is 34.7 Å². The minimum absolute atomic E-state index is 0.183. The summed E-state index contributed by atoms with van der Waals surface area (Å²) in [6.45, 7) is 0.298. The minimum atomic E-state index is -4.53. The highest BCUT2D eigenvalue weighted by molar-refractivity contribution is 5.84. The second-order valence-corrected chi connectivity index (χ2v) is 8.18. The van der Waals surface area contributed by atoms with Crippen LogP contribution in [0.2, 0.25) is 0 Å². The SMILES string of the molecule is Cn1cc(C(F)(F)F)nc1-c1ccc(CNc2nc(-c3ccc(C(F)(F)F)cc3)nc3nc[nH]c23)cc1. The van der Waals surface area contributed by atoms with Gasteiger partial charge in [-0.3, -0.25) is 0 Å². The van der Waals surface area contributed by atoms with Crippen molar-refractivity contribution < 1.29 is 26.3 Å². The molecule has 0 fully saturated rings. The van der Waals surface area contributed by atoms with Crippen molar-refractivity contribution >= 4 is 17.0 Å². The lowest BCUT2D eigenvalue weighted by Crippen LogP contribution is -2.06. The third kappa shape index (κ3) is 4.97. The van der Waals surface area contributed by atoms with Gasteiger partial charge >= 0.3 is 12.4 Å². The molecule has 2 aromatic carbocycles. The summed E-state index contributed by atoms with van der Waals surface area (Å²) < 4.78 is 78.9. The number of benzene rings is 2. The summed E-state index contributed by atoms with van der Waals surface area (Å²) in [5.74, 6) is 0.768. The second kappa shape index (κ2) is 8.91. The lowest BCUT2D eigenvalue weighted by molar-refractivity contribution is -0.141. The van der Waals surface area contributed by atoms with Gasteiger partial charge in [-0.05, 0) is 17.7 Å². The number of aromatic amines is 1. The zero-order valence-corrected chi connectivity index (χ0v) is 19.0. The molecule has 0 saturated carbocycles. The second-order valence-electron chi connectivity index (χ2n) is 8.18. The van der Waals surface area contributed by atoms with Crippen LogP contribution in [-0.4, -0.2) is 29.5 Å². The van der Waals surface area contributed by atoms with Crippen molar-refractivity contribution in [3.8, 4) is 22.8 Å². The molecule has 0 aliphatic rings. The molecule has 0 aliphatic carbocycles. The summed E-state index contributed by atoms with van der Waals surface area (Å²) in [7, 11) is 1.49. The first-order valence-corrected chi connectivity index (χ1v) is 10.8. The summed E-state index contributed by atoms with van der Waals surface area (Å²) in [5.41, 5.74) is 0.809. The molecule has 3 aromatic heterocycles. The lowest BCUT2D eigenvalue weighted by Gasteiger charge is -2.10. The minimum Gasteiger partial charge on any atom is -0.364 e. The van der Waals surface area contributed by atoms with Crippen LogP contribution in [0.25, 0.3) is 33.9 Å². The molecule has 190 valence electrons. The fraction of sp³-hybridized carbons (Fsp3) is 0.167. The number of anilines is 1.